The van der Waals surface area contributed by atoms with Gasteiger partial charge in [0.05, 0.1) is 12.5 Å². The molecular formula is C29H31F3N2O8. The number of alkyl carbamates (subject to hydrolysis) is 1. The number of methoxy groups -OCH3 is 1. The number of ether oxygens (including phenoxy) is 3. The van der Waals surface area contributed by atoms with Crippen molar-refractivity contribution in [3.05, 3.63) is 71.3 Å². The molecule has 42 heavy (non-hydrogen) atoms. The van der Waals surface area contributed by atoms with Crippen LogP contribution in [0.2, 0.25) is 0 Å². The van der Waals surface area contributed by atoms with Crippen LogP contribution in [-0.2, 0) is 32.7 Å². The fraction of sp³-hybridized carbons (Fsp3) is 0.414. The zero-order valence-corrected chi connectivity index (χ0v) is 22.9. The van der Waals surface area contributed by atoms with Crippen molar-refractivity contribution in [2.24, 2.45) is 0 Å². The van der Waals surface area contributed by atoms with Gasteiger partial charge in [-0.25, -0.2) is 14.4 Å². The summed E-state index contributed by atoms with van der Waals surface area (Å²) in [4.78, 5) is 35.6. The Morgan fingerprint density at radius 1 is 1.17 bits per heavy atom. The van der Waals surface area contributed by atoms with E-state index < -0.39 is 36.4 Å². The van der Waals surface area contributed by atoms with Crippen LogP contribution in [0.5, 0.6) is 11.5 Å². The van der Waals surface area contributed by atoms with E-state index in [1.165, 1.54) is 11.1 Å². The van der Waals surface area contributed by atoms with Gasteiger partial charge in [-0.2, -0.15) is 13.2 Å². The highest BCUT2D eigenvalue weighted by Gasteiger charge is 2.53. The number of halogens is 3. The zero-order valence-electron chi connectivity index (χ0n) is 22.9. The van der Waals surface area contributed by atoms with E-state index in [2.05, 4.69) is 29.4 Å². The molecular weight excluding hydrogens is 561 g/mol. The number of nitrogens with zero attached hydrogens (tertiary/aromatic N) is 1. The molecule has 2 aliphatic heterocycles. The summed E-state index contributed by atoms with van der Waals surface area (Å²) in [6, 6.07) is 12.2. The third-order valence-electron chi connectivity index (χ3n) is 7.50. The summed E-state index contributed by atoms with van der Waals surface area (Å²) < 4.78 is 49.4. The van der Waals surface area contributed by atoms with Crippen molar-refractivity contribution in [1.82, 2.24) is 10.2 Å². The van der Waals surface area contributed by atoms with Gasteiger partial charge in [-0.05, 0) is 43.3 Å². The quantitative estimate of drug-likeness (QED) is 0.427. The summed E-state index contributed by atoms with van der Waals surface area (Å²) in [6.07, 6.45) is -1.01. The third kappa shape index (κ3) is 6.62. The molecule has 1 aliphatic carbocycles. The highest BCUT2D eigenvalue weighted by Crippen LogP contribution is 2.55. The van der Waals surface area contributed by atoms with Gasteiger partial charge in [-0.3, -0.25) is 0 Å². The molecule has 0 fully saturated rings. The predicted octanol–water partition coefficient (Wildman–Crippen LogP) is 3.91. The van der Waals surface area contributed by atoms with Crippen LogP contribution in [0.4, 0.5) is 18.0 Å². The summed E-state index contributed by atoms with van der Waals surface area (Å²) in [7, 11) is 3.75. The molecule has 3 N–H and O–H groups in total. The number of carboxylic acid groups (broad SMARTS) is 2. The van der Waals surface area contributed by atoms with Crippen LogP contribution in [0, 0.1) is 0 Å². The predicted molar refractivity (Wildman–Crippen MR) is 142 cm³/mol. The molecule has 4 atom stereocenters. The van der Waals surface area contributed by atoms with Crippen LogP contribution >= 0.6 is 0 Å². The topological polar surface area (TPSA) is 135 Å². The SMILES string of the molecule is COc1ccc2c3c1O[C@H]1C[C@@H](OC(=O)N[C@@H](Cc4ccccc4)C(=O)O)C=CC31CCN(C)C2.O=C(O)C(F)(F)F. The average molecular weight is 593 g/mol. The van der Waals surface area contributed by atoms with Gasteiger partial charge in [-0.15, -0.1) is 0 Å². The first-order valence-corrected chi connectivity index (χ1v) is 13.1. The van der Waals surface area contributed by atoms with Crippen molar-refractivity contribution in [2.45, 2.75) is 55.6 Å². The van der Waals surface area contributed by atoms with E-state index in [1.54, 1.807) is 7.11 Å². The second kappa shape index (κ2) is 12.3. The van der Waals surface area contributed by atoms with Crippen LogP contribution in [0.25, 0.3) is 0 Å². The molecule has 2 aromatic rings. The Labute approximate surface area is 239 Å². The maximum absolute atomic E-state index is 12.6. The standard InChI is InChI=1S/C27H30N2O6.C2HF3O2/c1-29-13-12-27-11-10-19(15-22(27)35-24-21(33-2)9-8-18(16-29)23(24)27)34-26(32)28-20(25(30)31)14-17-6-4-3-5-7-17;3-2(4,5)1(6)7/h3-11,19-20,22H,12-16H2,1-2H3,(H,28,32)(H,30,31);(H,6,7)/t19-,20-,22-,27?;/m0./s1. The molecule has 10 nitrogen and oxygen atoms in total. The molecule has 13 heteroatoms. The molecule has 0 radical (unpaired) electrons. The van der Waals surface area contributed by atoms with E-state index in [4.69, 9.17) is 24.1 Å². The average Bonchev–Trinajstić information content (AvgIpc) is 3.19. The van der Waals surface area contributed by atoms with Gasteiger partial charge in [-0.1, -0.05) is 42.5 Å². The molecule has 3 aliphatic rings. The zero-order chi connectivity index (χ0) is 30.7. The van der Waals surface area contributed by atoms with E-state index in [0.717, 1.165) is 30.8 Å². The van der Waals surface area contributed by atoms with E-state index >= 15 is 0 Å². The van der Waals surface area contributed by atoms with Crippen LogP contribution in [-0.4, -0.2) is 78.3 Å². The summed E-state index contributed by atoms with van der Waals surface area (Å²) in [5.41, 5.74) is 2.89. The van der Waals surface area contributed by atoms with Gasteiger partial charge in [0, 0.05) is 24.9 Å². The minimum absolute atomic E-state index is 0.173. The van der Waals surface area contributed by atoms with Gasteiger partial charge >= 0.3 is 24.2 Å². The van der Waals surface area contributed by atoms with Crippen molar-refractivity contribution in [3.63, 3.8) is 0 Å². The van der Waals surface area contributed by atoms with E-state index in [1.807, 2.05) is 42.5 Å². The number of benzene rings is 2. The Morgan fingerprint density at radius 2 is 1.86 bits per heavy atom. The Balaban J connectivity index is 0.000000517. The molecule has 1 spiro atoms. The van der Waals surface area contributed by atoms with Crippen molar-refractivity contribution < 1.29 is 52.0 Å². The van der Waals surface area contributed by atoms with Crippen molar-refractivity contribution in [2.75, 3.05) is 20.7 Å². The van der Waals surface area contributed by atoms with Crippen LogP contribution in [0.3, 0.4) is 0 Å². The largest absolute Gasteiger partial charge is 0.493 e. The number of carbonyl (C=O) groups is 3. The third-order valence-corrected chi connectivity index (χ3v) is 7.50. The van der Waals surface area contributed by atoms with Gasteiger partial charge in [0.15, 0.2) is 11.5 Å². The van der Waals surface area contributed by atoms with Gasteiger partial charge in [0.1, 0.15) is 18.2 Å². The number of aliphatic carboxylic acids is 2. The fourth-order valence-corrected chi connectivity index (χ4v) is 5.52. The van der Waals surface area contributed by atoms with Crippen molar-refractivity contribution >= 4 is 18.0 Å². The first-order valence-electron chi connectivity index (χ1n) is 13.1. The number of carboxylic acids is 2. The highest BCUT2D eigenvalue weighted by atomic mass is 19.4. The maximum Gasteiger partial charge on any atom is 0.490 e. The fourth-order valence-electron chi connectivity index (χ4n) is 5.52. The lowest BCUT2D eigenvalue weighted by Crippen LogP contribution is -2.46. The van der Waals surface area contributed by atoms with E-state index in [0.29, 0.717) is 12.2 Å². The Hall–Kier alpha value is -4.26. The molecule has 1 amide bonds. The molecule has 1 unspecified atom stereocenters. The number of hydrogen-bond donors (Lipinski definition) is 3. The lowest BCUT2D eigenvalue weighted by Gasteiger charge is -2.36. The molecule has 226 valence electrons. The van der Waals surface area contributed by atoms with Gasteiger partial charge < -0.3 is 34.6 Å². The first-order chi connectivity index (χ1) is 19.8. The summed E-state index contributed by atoms with van der Waals surface area (Å²) >= 11 is 0. The summed E-state index contributed by atoms with van der Waals surface area (Å²) in [5.74, 6) is -2.39. The summed E-state index contributed by atoms with van der Waals surface area (Å²) in [6.45, 7) is 1.74. The molecule has 5 rings (SSSR count). The first kappa shape index (κ1) is 30.7. The second-order valence-corrected chi connectivity index (χ2v) is 10.3. The number of nitrogens with one attached hydrogen (secondary N) is 1. The molecule has 0 bridgehead atoms. The number of rotatable bonds is 6. The van der Waals surface area contributed by atoms with Crippen molar-refractivity contribution in [1.29, 1.82) is 0 Å². The van der Waals surface area contributed by atoms with Gasteiger partial charge in [0.2, 0.25) is 0 Å². The number of amides is 1. The van der Waals surface area contributed by atoms with E-state index in [-0.39, 0.29) is 17.9 Å². The Kier molecular flexibility index (Phi) is 9.00. The molecule has 0 saturated heterocycles. The molecule has 2 heterocycles. The summed E-state index contributed by atoms with van der Waals surface area (Å²) in [5, 5.41) is 19.2. The molecule has 2 aromatic carbocycles. The Morgan fingerprint density at radius 3 is 2.48 bits per heavy atom. The van der Waals surface area contributed by atoms with Crippen molar-refractivity contribution in [3.8, 4) is 11.5 Å². The number of carbonyl (C=O) groups excluding carboxylic acids is 1. The molecule has 0 saturated carbocycles. The highest BCUT2D eigenvalue weighted by molar-refractivity contribution is 5.80. The minimum atomic E-state index is -5.08. The lowest BCUT2D eigenvalue weighted by atomic mass is 9.69. The van der Waals surface area contributed by atoms with Crippen LogP contribution in [0.1, 0.15) is 29.5 Å². The smallest absolute Gasteiger partial charge is 0.490 e. The lowest BCUT2D eigenvalue weighted by molar-refractivity contribution is -0.192. The Bertz CT molecular complexity index is 1350. The molecule has 0 aromatic heterocycles. The normalized spacial score (nSPS) is 23.1. The van der Waals surface area contributed by atoms with E-state index in [9.17, 15) is 27.9 Å². The number of hydrogen-bond acceptors (Lipinski definition) is 7. The second-order valence-electron chi connectivity index (χ2n) is 10.3. The monoisotopic (exact) mass is 592 g/mol. The van der Waals surface area contributed by atoms with Crippen LogP contribution < -0.4 is 14.8 Å². The maximum atomic E-state index is 12.6. The van der Waals surface area contributed by atoms with Crippen LogP contribution in [0.15, 0.2) is 54.6 Å². The minimum Gasteiger partial charge on any atom is -0.493 e. The van der Waals surface area contributed by atoms with Gasteiger partial charge in [0.25, 0.3) is 0 Å². The number of alkyl halides is 3.